The number of piperidine rings is 1. The van der Waals surface area contributed by atoms with E-state index in [1.54, 1.807) is 0 Å². The van der Waals surface area contributed by atoms with Crippen molar-refractivity contribution >= 4 is 10.9 Å². The van der Waals surface area contributed by atoms with Gasteiger partial charge in [-0.1, -0.05) is 19.3 Å². The minimum Gasteiger partial charge on any atom is -0.486 e. The summed E-state index contributed by atoms with van der Waals surface area (Å²) in [6.45, 7) is 2.91. The van der Waals surface area contributed by atoms with Crippen LogP contribution >= 0.6 is 0 Å². The number of ether oxygens (including phenoxy) is 2. The SMILES string of the molecule is O=c1[nH]c2cc3c(cc2cc1C(c1nnnn1C1CCCC1)N1CCCCC1)OCCO3. The summed E-state index contributed by atoms with van der Waals surface area (Å²) in [5, 5.41) is 13.8. The fourth-order valence-corrected chi connectivity index (χ4v) is 5.43. The van der Waals surface area contributed by atoms with Crippen molar-refractivity contribution in [2.45, 2.75) is 57.0 Å². The Morgan fingerprint density at radius 1 is 0.969 bits per heavy atom. The zero-order valence-electron chi connectivity index (χ0n) is 18.1. The molecule has 3 aromatic rings. The van der Waals surface area contributed by atoms with Crippen molar-refractivity contribution in [2.24, 2.45) is 0 Å². The molecule has 0 bridgehead atoms. The number of aromatic amines is 1. The number of aromatic nitrogens is 5. The third-order valence-electron chi connectivity index (χ3n) is 7.02. The maximum atomic E-state index is 13.4. The molecule has 1 saturated heterocycles. The van der Waals surface area contributed by atoms with Crippen LogP contribution in [0.15, 0.2) is 23.0 Å². The highest BCUT2D eigenvalue weighted by Gasteiger charge is 2.33. The monoisotopic (exact) mass is 436 g/mol. The lowest BCUT2D eigenvalue weighted by molar-refractivity contribution is 0.172. The van der Waals surface area contributed by atoms with E-state index in [4.69, 9.17) is 9.47 Å². The molecular formula is C23H28N6O3. The Labute approximate surface area is 185 Å². The van der Waals surface area contributed by atoms with Gasteiger partial charge in [0.15, 0.2) is 17.3 Å². The van der Waals surface area contributed by atoms with Gasteiger partial charge < -0.3 is 14.5 Å². The lowest BCUT2D eigenvalue weighted by Gasteiger charge is -2.34. The first kappa shape index (κ1) is 19.7. The lowest BCUT2D eigenvalue weighted by Crippen LogP contribution is -2.38. The molecule has 9 heteroatoms. The molecule has 3 aliphatic rings. The van der Waals surface area contributed by atoms with Crippen LogP contribution in [-0.4, -0.2) is 56.4 Å². The fourth-order valence-electron chi connectivity index (χ4n) is 5.43. The highest BCUT2D eigenvalue weighted by molar-refractivity contribution is 5.83. The first-order valence-electron chi connectivity index (χ1n) is 11.8. The highest BCUT2D eigenvalue weighted by Crippen LogP contribution is 2.37. The van der Waals surface area contributed by atoms with E-state index in [2.05, 4.69) is 25.4 Å². The van der Waals surface area contributed by atoms with Gasteiger partial charge in [-0.2, -0.15) is 0 Å². The number of likely N-dealkylation sites (tertiary alicyclic amines) is 1. The van der Waals surface area contributed by atoms with Gasteiger partial charge in [-0.15, -0.1) is 5.10 Å². The van der Waals surface area contributed by atoms with Crippen LogP contribution in [0.1, 0.15) is 68.4 Å². The summed E-state index contributed by atoms with van der Waals surface area (Å²) in [4.78, 5) is 18.8. The van der Waals surface area contributed by atoms with E-state index < -0.39 is 0 Å². The van der Waals surface area contributed by atoms with Gasteiger partial charge in [-0.05, 0) is 61.3 Å². The molecule has 1 N–H and O–H groups in total. The van der Waals surface area contributed by atoms with Crippen LogP contribution in [0.4, 0.5) is 0 Å². The molecule has 1 atom stereocenters. The van der Waals surface area contributed by atoms with Gasteiger partial charge in [0.25, 0.3) is 5.56 Å². The number of tetrazole rings is 1. The number of pyridine rings is 1. The van der Waals surface area contributed by atoms with Crippen LogP contribution in [0.25, 0.3) is 10.9 Å². The molecule has 1 aromatic carbocycles. The van der Waals surface area contributed by atoms with Crippen LogP contribution in [0.5, 0.6) is 11.5 Å². The van der Waals surface area contributed by atoms with Crippen molar-refractivity contribution in [1.82, 2.24) is 30.1 Å². The minimum absolute atomic E-state index is 0.106. The van der Waals surface area contributed by atoms with E-state index in [1.807, 2.05) is 22.9 Å². The number of hydrogen-bond donors (Lipinski definition) is 1. The fraction of sp³-hybridized carbons (Fsp3) is 0.565. The molecule has 2 aliphatic heterocycles. The number of H-pyrrole nitrogens is 1. The van der Waals surface area contributed by atoms with Crippen molar-refractivity contribution in [1.29, 1.82) is 0 Å². The molecule has 0 radical (unpaired) electrons. The Kier molecular flexibility index (Phi) is 5.05. The number of benzene rings is 1. The Hall–Kier alpha value is -2.94. The molecule has 1 aliphatic carbocycles. The molecule has 2 aromatic heterocycles. The maximum Gasteiger partial charge on any atom is 0.253 e. The molecule has 4 heterocycles. The zero-order chi connectivity index (χ0) is 21.5. The van der Waals surface area contributed by atoms with Gasteiger partial charge in [0, 0.05) is 17.0 Å². The predicted octanol–water partition coefficient (Wildman–Crippen LogP) is 2.98. The average Bonchev–Trinajstić information content (AvgIpc) is 3.51. The van der Waals surface area contributed by atoms with E-state index in [-0.39, 0.29) is 11.6 Å². The summed E-state index contributed by atoms with van der Waals surface area (Å²) in [6, 6.07) is 5.83. The van der Waals surface area contributed by atoms with Gasteiger partial charge in [0.2, 0.25) is 0 Å². The third-order valence-corrected chi connectivity index (χ3v) is 7.02. The lowest BCUT2D eigenvalue weighted by atomic mass is 10.00. The summed E-state index contributed by atoms with van der Waals surface area (Å²) in [7, 11) is 0. The molecule has 1 saturated carbocycles. The smallest absolute Gasteiger partial charge is 0.253 e. The molecule has 1 unspecified atom stereocenters. The van der Waals surface area contributed by atoms with Crippen LogP contribution in [0, 0.1) is 0 Å². The summed E-state index contributed by atoms with van der Waals surface area (Å²) in [5.74, 6) is 2.16. The van der Waals surface area contributed by atoms with Crippen LogP contribution in [-0.2, 0) is 0 Å². The number of rotatable bonds is 4. The number of nitrogens with zero attached hydrogens (tertiary/aromatic N) is 5. The molecule has 6 rings (SSSR count). The second kappa shape index (κ2) is 8.20. The molecule has 0 amide bonds. The quantitative estimate of drug-likeness (QED) is 0.671. The Morgan fingerprint density at radius 2 is 1.72 bits per heavy atom. The van der Waals surface area contributed by atoms with Gasteiger partial charge in [0.1, 0.15) is 19.3 Å². The molecule has 168 valence electrons. The zero-order valence-corrected chi connectivity index (χ0v) is 18.1. The van der Waals surface area contributed by atoms with Crippen molar-refractivity contribution in [3.63, 3.8) is 0 Å². The third kappa shape index (κ3) is 3.44. The van der Waals surface area contributed by atoms with E-state index in [1.165, 1.54) is 19.3 Å². The van der Waals surface area contributed by atoms with E-state index >= 15 is 0 Å². The number of nitrogens with one attached hydrogen (secondary N) is 1. The maximum absolute atomic E-state index is 13.4. The van der Waals surface area contributed by atoms with Gasteiger partial charge in [-0.3, -0.25) is 9.69 Å². The normalized spacial score (nSPS) is 20.6. The van der Waals surface area contributed by atoms with Gasteiger partial charge in [0.05, 0.1) is 11.6 Å². The average molecular weight is 437 g/mol. The van der Waals surface area contributed by atoms with Crippen LogP contribution in [0.2, 0.25) is 0 Å². The predicted molar refractivity (Wildman–Crippen MR) is 118 cm³/mol. The summed E-state index contributed by atoms with van der Waals surface area (Å²) >= 11 is 0. The summed E-state index contributed by atoms with van der Waals surface area (Å²) < 4.78 is 13.5. The molecule has 0 spiro atoms. The van der Waals surface area contributed by atoms with Crippen molar-refractivity contribution in [2.75, 3.05) is 26.3 Å². The Balaban J connectivity index is 1.49. The van der Waals surface area contributed by atoms with E-state index in [0.717, 1.165) is 55.5 Å². The molecular weight excluding hydrogens is 408 g/mol. The molecule has 32 heavy (non-hydrogen) atoms. The van der Waals surface area contributed by atoms with Crippen LogP contribution in [0.3, 0.4) is 0 Å². The second-order valence-corrected chi connectivity index (χ2v) is 9.06. The minimum atomic E-state index is -0.271. The number of hydrogen-bond acceptors (Lipinski definition) is 7. The Morgan fingerprint density at radius 3 is 2.50 bits per heavy atom. The standard InChI is InChI=1S/C23H28N6O3/c30-23-17(12-15-13-19-20(14-18(15)24-23)32-11-10-31-19)21(28-8-4-1-5-9-28)22-25-26-27-29(22)16-6-2-3-7-16/h12-14,16,21H,1-11H2,(H,24,30). The molecule has 2 fully saturated rings. The van der Waals surface area contributed by atoms with E-state index in [0.29, 0.717) is 36.3 Å². The number of fused-ring (bicyclic) bond motifs is 2. The first-order chi connectivity index (χ1) is 15.8. The molecule has 9 nitrogen and oxygen atoms in total. The summed E-state index contributed by atoms with van der Waals surface area (Å²) in [6.07, 6.45) is 8.01. The largest absolute Gasteiger partial charge is 0.486 e. The summed E-state index contributed by atoms with van der Waals surface area (Å²) in [5.41, 5.74) is 1.33. The van der Waals surface area contributed by atoms with Crippen molar-refractivity contribution in [3.05, 3.63) is 39.9 Å². The van der Waals surface area contributed by atoms with Gasteiger partial charge >= 0.3 is 0 Å². The Bertz CT molecular complexity index is 1180. The van der Waals surface area contributed by atoms with Crippen molar-refractivity contribution in [3.8, 4) is 11.5 Å². The van der Waals surface area contributed by atoms with Crippen LogP contribution < -0.4 is 15.0 Å². The second-order valence-electron chi connectivity index (χ2n) is 9.06. The van der Waals surface area contributed by atoms with Gasteiger partial charge in [-0.25, -0.2) is 4.68 Å². The first-order valence-corrected chi connectivity index (χ1v) is 11.8. The van der Waals surface area contributed by atoms with E-state index in [9.17, 15) is 4.79 Å². The van der Waals surface area contributed by atoms with Crippen molar-refractivity contribution < 1.29 is 9.47 Å². The topological polar surface area (TPSA) is 98.2 Å². The highest BCUT2D eigenvalue weighted by atomic mass is 16.6.